The van der Waals surface area contributed by atoms with Crippen molar-refractivity contribution in [2.45, 2.75) is 18.3 Å². The van der Waals surface area contributed by atoms with Crippen molar-refractivity contribution in [3.63, 3.8) is 0 Å². The molecule has 7 heteroatoms. The van der Waals surface area contributed by atoms with Gasteiger partial charge in [-0.3, -0.25) is 15.8 Å². The third-order valence-corrected chi connectivity index (χ3v) is 1.93. The quantitative estimate of drug-likeness (QED) is 0.402. The van der Waals surface area contributed by atoms with Crippen molar-refractivity contribution in [3.8, 4) is 0 Å². The maximum absolute atomic E-state index is 12.3. The highest BCUT2D eigenvalue weighted by Gasteiger charge is 2.54. The molecule has 0 fully saturated rings. The van der Waals surface area contributed by atoms with Crippen LogP contribution in [-0.4, -0.2) is 16.8 Å². The van der Waals surface area contributed by atoms with E-state index in [4.69, 9.17) is 5.73 Å². The molecule has 0 heterocycles. The molecule has 0 spiro atoms. The van der Waals surface area contributed by atoms with E-state index in [0.717, 1.165) is 6.08 Å². The summed E-state index contributed by atoms with van der Waals surface area (Å²) < 4.78 is 36.9. The molecule has 4 nitrogen and oxygen atoms in total. The number of nitro groups is 1. The monoisotopic (exact) mass is 208 g/mol. The van der Waals surface area contributed by atoms with Crippen molar-refractivity contribution in [2.75, 3.05) is 0 Å². The van der Waals surface area contributed by atoms with Gasteiger partial charge in [0.1, 0.15) is 5.57 Å². The van der Waals surface area contributed by atoms with Crippen molar-refractivity contribution in [2.24, 2.45) is 5.73 Å². The summed E-state index contributed by atoms with van der Waals surface area (Å²) in [5.41, 5.74) is 1.22. The lowest BCUT2D eigenvalue weighted by molar-refractivity contribution is -0.560. The lowest BCUT2D eigenvalue weighted by atomic mass is 9.92. The second kappa shape index (κ2) is 3.09. The van der Waals surface area contributed by atoms with Crippen LogP contribution in [0.3, 0.4) is 0 Å². The molecular weight excluding hydrogens is 201 g/mol. The van der Waals surface area contributed by atoms with Crippen LogP contribution in [0.15, 0.2) is 23.8 Å². The summed E-state index contributed by atoms with van der Waals surface area (Å²) in [5.74, 6) is 0. The molecule has 1 unspecified atom stereocenters. The van der Waals surface area contributed by atoms with Crippen LogP contribution < -0.4 is 5.73 Å². The van der Waals surface area contributed by atoms with E-state index >= 15 is 0 Å². The second-order valence-corrected chi connectivity index (χ2v) is 2.89. The van der Waals surface area contributed by atoms with Crippen molar-refractivity contribution in [3.05, 3.63) is 33.9 Å². The van der Waals surface area contributed by atoms with Crippen molar-refractivity contribution in [1.82, 2.24) is 0 Å². The molecule has 0 radical (unpaired) electrons. The molecule has 0 aromatic carbocycles. The second-order valence-electron chi connectivity index (χ2n) is 2.89. The van der Waals surface area contributed by atoms with E-state index in [0.29, 0.717) is 6.08 Å². The van der Waals surface area contributed by atoms with Gasteiger partial charge in [0.05, 0.1) is 6.42 Å². The molecule has 1 aliphatic carbocycles. The Balaban J connectivity index is 3.17. The lowest BCUT2D eigenvalue weighted by Crippen LogP contribution is -2.53. The van der Waals surface area contributed by atoms with Gasteiger partial charge in [0.25, 0.3) is 0 Å². The summed E-state index contributed by atoms with van der Waals surface area (Å²) >= 11 is 0. The summed E-state index contributed by atoms with van der Waals surface area (Å²) in [6.07, 6.45) is -2.25. The molecule has 1 rings (SSSR count). The minimum atomic E-state index is -4.77. The Kier molecular flexibility index (Phi) is 2.36. The zero-order chi connectivity index (χ0) is 11.0. The molecule has 1 atom stereocenters. The van der Waals surface area contributed by atoms with Crippen LogP contribution >= 0.6 is 0 Å². The summed E-state index contributed by atoms with van der Waals surface area (Å²) in [6.45, 7) is 0. The molecule has 0 aliphatic heterocycles. The first kappa shape index (κ1) is 10.7. The van der Waals surface area contributed by atoms with Gasteiger partial charge in [-0.05, 0) is 6.08 Å². The fraction of sp³-hybridized carbons (Fsp3) is 0.429. The molecule has 0 aromatic rings. The van der Waals surface area contributed by atoms with Gasteiger partial charge in [0.2, 0.25) is 0 Å². The van der Waals surface area contributed by atoms with Crippen LogP contribution in [0.5, 0.6) is 0 Å². The Morgan fingerprint density at radius 1 is 1.57 bits per heavy atom. The van der Waals surface area contributed by atoms with Crippen LogP contribution in [0, 0.1) is 10.1 Å². The number of hydrogen-bond acceptors (Lipinski definition) is 3. The number of halogens is 3. The zero-order valence-electron chi connectivity index (χ0n) is 6.91. The Hall–Kier alpha value is -1.37. The lowest BCUT2D eigenvalue weighted by Gasteiger charge is -2.25. The maximum atomic E-state index is 12.3. The van der Waals surface area contributed by atoms with Gasteiger partial charge in [0.15, 0.2) is 0 Å². The zero-order valence-corrected chi connectivity index (χ0v) is 6.91. The number of nitrogens with two attached hydrogens (primary N) is 1. The first-order chi connectivity index (χ1) is 6.28. The van der Waals surface area contributed by atoms with Crippen molar-refractivity contribution >= 4 is 0 Å². The van der Waals surface area contributed by atoms with Gasteiger partial charge in [-0.1, -0.05) is 12.2 Å². The number of rotatable bonds is 1. The number of allylic oxidation sites excluding steroid dienone is 2. The van der Waals surface area contributed by atoms with Crippen molar-refractivity contribution < 1.29 is 18.1 Å². The molecule has 1 aliphatic rings. The van der Waals surface area contributed by atoms with Gasteiger partial charge in [-0.25, -0.2) is 0 Å². The van der Waals surface area contributed by atoms with Gasteiger partial charge < -0.3 is 0 Å². The Bertz CT molecular complexity index is 321. The number of hydrogen-bond donors (Lipinski definition) is 1. The SMILES string of the molecule is NC1([N+](=O)[O-])CC=CC=C1C(F)(F)F. The topological polar surface area (TPSA) is 69.2 Å². The van der Waals surface area contributed by atoms with Crippen LogP contribution in [0.1, 0.15) is 6.42 Å². The molecule has 0 amide bonds. The summed E-state index contributed by atoms with van der Waals surface area (Å²) in [5, 5.41) is 10.4. The van der Waals surface area contributed by atoms with Gasteiger partial charge in [0, 0.05) is 4.92 Å². The van der Waals surface area contributed by atoms with Crippen LogP contribution in [0.2, 0.25) is 0 Å². The summed E-state index contributed by atoms with van der Waals surface area (Å²) in [7, 11) is 0. The van der Waals surface area contributed by atoms with Crippen LogP contribution in [0.25, 0.3) is 0 Å². The Morgan fingerprint density at radius 3 is 2.50 bits per heavy atom. The summed E-state index contributed by atoms with van der Waals surface area (Å²) in [6, 6.07) is 0. The van der Waals surface area contributed by atoms with E-state index in [1.807, 2.05) is 0 Å². The predicted octanol–water partition coefficient (Wildman–Crippen LogP) is 1.37. The highest BCUT2D eigenvalue weighted by Crippen LogP contribution is 2.36. The maximum Gasteiger partial charge on any atom is 0.420 e. The smallest absolute Gasteiger partial charge is 0.262 e. The van der Waals surface area contributed by atoms with Crippen LogP contribution in [-0.2, 0) is 0 Å². The number of alkyl halides is 3. The standard InChI is InChI=1S/C7H7F3N2O2/c8-7(9,10)5-3-1-2-4-6(5,11)12(13)14/h1-3H,4,11H2. The highest BCUT2D eigenvalue weighted by atomic mass is 19.4. The van der Waals surface area contributed by atoms with E-state index in [1.165, 1.54) is 6.08 Å². The molecular formula is C7H7F3N2O2. The third kappa shape index (κ3) is 1.63. The molecule has 0 saturated heterocycles. The molecule has 2 N–H and O–H groups in total. The number of nitrogens with zero attached hydrogens (tertiary/aromatic N) is 1. The van der Waals surface area contributed by atoms with E-state index in [2.05, 4.69) is 0 Å². The molecule has 0 saturated carbocycles. The average molecular weight is 208 g/mol. The van der Waals surface area contributed by atoms with Crippen LogP contribution in [0.4, 0.5) is 13.2 Å². The van der Waals surface area contributed by atoms with E-state index < -0.39 is 28.8 Å². The minimum Gasteiger partial charge on any atom is -0.262 e. The molecule has 0 bridgehead atoms. The minimum absolute atomic E-state index is 0.453. The van der Waals surface area contributed by atoms with E-state index in [-0.39, 0.29) is 0 Å². The predicted molar refractivity (Wildman–Crippen MR) is 41.8 cm³/mol. The molecule has 0 aromatic heterocycles. The normalized spacial score (nSPS) is 27.3. The van der Waals surface area contributed by atoms with Gasteiger partial charge >= 0.3 is 11.8 Å². The molecule has 14 heavy (non-hydrogen) atoms. The highest BCUT2D eigenvalue weighted by molar-refractivity contribution is 5.30. The van der Waals surface area contributed by atoms with Gasteiger partial charge in [-0.15, -0.1) is 0 Å². The Morgan fingerprint density at radius 2 is 2.14 bits per heavy atom. The fourth-order valence-electron chi connectivity index (χ4n) is 1.18. The largest absolute Gasteiger partial charge is 0.420 e. The summed E-state index contributed by atoms with van der Waals surface area (Å²) in [4.78, 5) is 9.32. The fourth-order valence-corrected chi connectivity index (χ4v) is 1.18. The Labute approximate surface area is 77.0 Å². The van der Waals surface area contributed by atoms with Crippen molar-refractivity contribution in [1.29, 1.82) is 0 Å². The third-order valence-electron chi connectivity index (χ3n) is 1.93. The van der Waals surface area contributed by atoms with Gasteiger partial charge in [-0.2, -0.15) is 13.2 Å². The first-order valence-electron chi connectivity index (χ1n) is 3.66. The first-order valence-corrected chi connectivity index (χ1v) is 3.66. The van der Waals surface area contributed by atoms with E-state index in [1.54, 1.807) is 0 Å². The average Bonchev–Trinajstić information content (AvgIpc) is 2.02. The molecule has 78 valence electrons. The van der Waals surface area contributed by atoms with E-state index in [9.17, 15) is 23.3 Å².